The first-order chi connectivity index (χ1) is 13.5. The molecule has 3 rings (SSSR count). The number of hydrogen-bond donors (Lipinski definition) is 0. The van der Waals surface area contributed by atoms with Gasteiger partial charge in [-0.1, -0.05) is 48.2 Å². The summed E-state index contributed by atoms with van der Waals surface area (Å²) < 4.78 is 1.56. The maximum atomic E-state index is 12.9. The van der Waals surface area contributed by atoms with Gasteiger partial charge in [-0.05, 0) is 38.1 Å². The van der Waals surface area contributed by atoms with Crippen molar-refractivity contribution in [2.45, 2.75) is 31.6 Å². The van der Waals surface area contributed by atoms with Gasteiger partial charge in [0.15, 0.2) is 5.16 Å². The van der Waals surface area contributed by atoms with Crippen molar-refractivity contribution >= 4 is 34.3 Å². The molecule has 0 aliphatic carbocycles. The Kier molecular flexibility index (Phi) is 6.31. The van der Waals surface area contributed by atoms with Gasteiger partial charge >= 0.3 is 0 Å². The van der Waals surface area contributed by atoms with Crippen LogP contribution in [0.3, 0.4) is 0 Å². The fourth-order valence-electron chi connectivity index (χ4n) is 3.06. The summed E-state index contributed by atoms with van der Waals surface area (Å²) in [6.07, 6.45) is 1.66. The van der Waals surface area contributed by atoms with Crippen molar-refractivity contribution in [3.05, 3.63) is 77.6 Å². The molecule has 0 fully saturated rings. The number of allylic oxidation sites excluding steroid dienone is 1. The molecule has 6 heteroatoms. The van der Waals surface area contributed by atoms with E-state index in [2.05, 4.69) is 11.6 Å². The minimum atomic E-state index is -0.121. The number of anilines is 1. The zero-order valence-electron chi connectivity index (χ0n) is 16.0. The van der Waals surface area contributed by atoms with E-state index in [0.29, 0.717) is 22.6 Å². The van der Waals surface area contributed by atoms with Gasteiger partial charge in [0.05, 0.1) is 16.7 Å². The lowest BCUT2D eigenvalue weighted by atomic mass is 10.2. The van der Waals surface area contributed by atoms with Gasteiger partial charge in [-0.25, -0.2) is 4.98 Å². The maximum Gasteiger partial charge on any atom is 0.262 e. The third-order valence-corrected chi connectivity index (χ3v) is 5.24. The van der Waals surface area contributed by atoms with Crippen LogP contribution in [-0.2, 0) is 11.3 Å². The van der Waals surface area contributed by atoms with Crippen LogP contribution in [-0.4, -0.2) is 27.3 Å². The number of fused-ring (bicyclic) bond motifs is 1. The Balaban J connectivity index is 1.90. The van der Waals surface area contributed by atoms with Gasteiger partial charge in [-0.3, -0.25) is 14.2 Å². The van der Waals surface area contributed by atoms with Gasteiger partial charge in [-0.15, -0.1) is 6.58 Å². The molecule has 0 spiro atoms. The average molecular weight is 394 g/mol. The highest BCUT2D eigenvalue weighted by Crippen LogP contribution is 2.22. The second-order valence-electron chi connectivity index (χ2n) is 6.60. The van der Waals surface area contributed by atoms with E-state index in [1.165, 1.54) is 11.8 Å². The number of benzene rings is 2. The van der Waals surface area contributed by atoms with E-state index in [9.17, 15) is 9.59 Å². The molecule has 144 valence electrons. The van der Waals surface area contributed by atoms with Crippen molar-refractivity contribution in [1.82, 2.24) is 9.55 Å². The Morgan fingerprint density at radius 1 is 1.18 bits per heavy atom. The number of amides is 1. The zero-order chi connectivity index (χ0) is 20.1. The van der Waals surface area contributed by atoms with Gasteiger partial charge < -0.3 is 4.90 Å². The first kappa shape index (κ1) is 19.9. The summed E-state index contributed by atoms with van der Waals surface area (Å²) in [7, 11) is 0. The molecule has 0 N–H and O–H groups in total. The molecule has 1 aromatic heterocycles. The molecule has 0 radical (unpaired) electrons. The summed E-state index contributed by atoms with van der Waals surface area (Å²) in [6, 6.07) is 16.9. The monoisotopic (exact) mass is 393 g/mol. The van der Waals surface area contributed by atoms with E-state index in [4.69, 9.17) is 0 Å². The van der Waals surface area contributed by atoms with E-state index < -0.39 is 0 Å². The second-order valence-corrected chi connectivity index (χ2v) is 7.54. The quantitative estimate of drug-likeness (QED) is 0.344. The smallest absolute Gasteiger partial charge is 0.262 e. The minimum absolute atomic E-state index is 0.0235. The molecule has 1 amide bonds. The highest BCUT2D eigenvalue weighted by molar-refractivity contribution is 7.99. The molecular formula is C22H23N3O2S. The van der Waals surface area contributed by atoms with E-state index in [1.54, 1.807) is 21.6 Å². The van der Waals surface area contributed by atoms with E-state index >= 15 is 0 Å². The number of aromatic nitrogens is 2. The summed E-state index contributed by atoms with van der Waals surface area (Å²) >= 11 is 1.28. The molecule has 1 heterocycles. The van der Waals surface area contributed by atoms with Crippen molar-refractivity contribution in [3.8, 4) is 0 Å². The van der Waals surface area contributed by atoms with E-state index in [1.807, 2.05) is 62.4 Å². The van der Waals surface area contributed by atoms with Crippen LogP contribution in [0.2, 0.25) is 0 Å². The Morgan fingerprint density at radius 2 is 1.86 bits per heavy atom. The van der Waals surface area contributed by atoms with Gasteiger partial charge in [0.2, 0.25) is 5.91 Å². The van der Waals surface area contributed by atoms with Crippen molar-refractivity contribution in [2.24, 2.45) is 0 Å². The van der Waals surface area contributed by atoms with Crippen molar-refractivity contribution in [1.29, 1.82) is 0 Å². The molecule has 0 saturated carbocycles. The number of thioether (sulfide) groups is 1. The summed E-state index contributed by atoms with van der Waals surface area (Å²) in [5.41, 5.74) is 1.37. The standard InChI is InChI=1S/C22H23N3O2S/c1-4-14-24-21(27)18-12-8-9-13-19(18)23-22(24)28-15-20(26)25(16(2)3)17-10-6-5-7-11-17/h4-13,16H,1,14-15H2,2-3H3. The largest absolute Gasteiger partial charge is 0.309 e. The summed E-state index contributed by atoms with van der Waals surface area (Å²) in [6.45, 7) is 8.05. The van der Waals surface area contributed by atoms with Crippen LogP contribution in [0.1, 0.15) is 13.8 Å². The van der Waals surface area contributed by atoms with Crippen LogP contribution in [0.15, 0.2) is 77.2 Å². The molecule has 0 aliphatic heterocycles. The minimum Gasteiger partial charge on any atom is -0.309 e. The van der Waals surface area contributed by atoms with Crippen molar-refractivity contribution in [2.75, 3.05) is 10.7 Å². The fourth-order valence-corrected chi connectivity index (χ4v) is 3.93. The Hall–Kier alpha value is -2.86. The molecule has 0 bridgehead atoms. The molecule has 0 aliphatic rings. The zero-order valence-corrected chi connectivity index (χ0v) is 16.9. The predicted octanol–water partition coefficient (Wildman–Crippen LogP) is 4.12. The Bertz CT molecular complexity index is 1040. The predicted molar refractivity (Wildman–Crippen MR) is 116 cm³/mol. The van der Waals surface area contributed by atoms with Gasteiger partial charge in [0.25, 0.3) is 5.56 Å². The topological polar surface area (TPSA) is 55.2 Å². The molecule has 3 aromatic rings. The van der Waals surface area contributed by atoms with E-state index in [-0.39, 0.29) is 23.3 Å². The number of rotatable bonds is 7. The van der Waals surface area contributed by atoms with Crippen molar-refractivity contribution < 1.29 is 4.79 Å². The third-order valence-electron chi connectivity index (χ3n) is 4.28. The number of hydrogen-bond acceptors (Lipinski definition) is 4. The van der Waals surface area contributed by atoms with Gasteiger partial charge in [-0.2, -0.15) is 0 Å². The molecular weight excluding hydrogens is 370 g/mol. The van der Waals surface area contributed by atoms with Crippen LogP contribution >= 0.6 is 11.8 Å². The number of nitrogens with zero attached hydrogens (tertiary/aromatic N) is 3. The number of carbonyl (C=O) groups is 1. The summed E-state index contributed by atoms with van der Waals surface area (Å²) in [5.74, 6) is 0.161. The first-order valence-electron chi connectivity index (χ1n) is 9.13. The van der Waals surface area contributed by atoms with Crippen LogP contribution < -0.4 is 10.5 Å². The SMILES string of the molecule is C=CCn1c(SCC(=O)N(c2ccccc2)C(C)C)nc2ccccc2c1=O. The lowest BCUT2D eigenvalue weighted by molar-refractivity contribution is -0.116. The van der Waals surface area contributed by atoms with Gasteiger partial charge in [0.1, 0.15) is 0 Å². The molecule has 0 atom stereocenters. The number of carbonyl (C=O) groups excluding carboxylic acids is 1. The Labute approximate surface area is 168 Å². The maximum absolute atomic E-state index is 12.9. The third kappa shape index (κ3) is 4.17. The normalized spacial score (nSPS) is 11.0. The molecule has 5 nitrogen and oxygen atoms in total. The molecule has 0 saturated heterocycles. The van der Waals surface area contributed by atoms with Crippen molar-refractivity contribution in [3.63, 3.8) is 0 Å². The van der Waals surface area contributed by atoms with Crippen LogP contribution in [0.25, 0.3) is 10.9 Å². The molecule has 2 aromatic carbocycles. The highest BCUT2D eigenvalue weighted by atomic mass is 32.2. The Morgan fingerprint density at radius 3 is 2.54 bits per heavy atom. The van der Waals surface area contributed by atoms with Gasteiger partial charge in [0, 0.05) is 18.3 Å². The second kappa shape index (κ2) is 8.89. The summed E-state index contributed by atoms with van der Waals surface area (Å²) in [4.78, 5) is 32.1. The molecule has 28 heavy (non-hydrogen) atoms. The van der Waals surface area contributed by atoms with Crippen LogP contribution in [0, 0.1) is 0 Å². The van der Waals surface area contributed by atoms with Crippen LogP contribution in [0.4, 0.5) is 5.69 Å². The lowest BCUT2D eigenvalue weighted by Gasteiger charge is -2.27. The first-order valence-corrected chi connectivity index (χ1v) is 10.1. The number of para-hydroxylation sites is 2. The highest BCUT2D eigenvalue weighted by Gasteiger charge is 2.20. The summed E-state index contributed by atoms with van der Waals surface area (Å²) in [5, 5.41) is 1.09. The fraction of sp³-hybridized carbons (Fsp3) is 0.227. The lowest BCUT2D eigenvalue weighted by Crippen LogP contribution is -2.38. The molecule has 0 unspecified atom stereocenters. The van der Waals surface area contributed by atoms with E-state index in [0.717, 1.165) is 5.69 Å². The van der Waals surface area contributed by atoms with Crippen LogP contribution in [0.5, 0.6) is 0 Å². The average Bonchev–Trinajstić information content (AvgIpc) is 2.69.